The van der Waals surface area contributed by atoms with Crippen molar-refractivity contribution in [1.29, 1.82) is 0 Å². The Morgan fingerprint density at radius 1 is 1.11 bits per heavy atom. The van der Waals surface area contributed by atoms with Crippen molar-refractivity contribution in [3.63, 3.8) is 0 Å². The van der Waals surface area contributed by atoms with Gasteiger partial charge in [0.05, 0.1) is 0 Å². The number of anilines is 3. The maximum Gasteiger partial charge on any atom is 0.182 e. The highest BCUT2D eigenvalue weighted by Crippen LogP contribution is 2.29. The van der Waals surface area contributed by atoms with Crippen molar-refractivity contribution in [3.8, 4) is 0 Å². The van der Waals surface area contributed by atoms with E-state index >= 15 is 0 Å². The highest BCUT2D eigenvalue weighted by atomic mass is 32.1. The van der Waals surface area contributed by atoms with Gasteiger partial charge in [-0.05, 0) is 36.0 Å². The lowest BCUT2D eigenvalue weighted by Gasteiger charge is -2.34. The second-order valence-corrected chi connectivity index (χ2v) is 9.14. The fourth-order valence-corrected chi connectivity index (χ4v) is 4.20. The molecule has 0 atom stereocenters. The largest absolute Gasteiger partial charge is 0.375 e. The molecule has 1 aliphatic heterocycles. The lowest BCUT2D eigenvalue weighted by Crippen LogP contribution is -2.39. The standard InChI is InChI=1S/C20H26N6S/c1-20(2,3)13-4-6-15(7-5-13)26-10-8-14(9-11-26)24-17-16-18(23-12-22-17)27-19(21)25-16/h4-7,12,14H,8-11H2,1-3H3,(H2,21,25)(H,22,23,24). The molecule has 1 saturated heterocycles. The maximum absolute atomic E-state index is 5.82. The summed E-state index contributed by atoms with van der Waals surface area (Å²) in [5.41, 5.74) is 9.46. The van der Waals surface area contributed by atoms with Crippen LogP contribution in [0.2, 0.25) is 0 Å². The molecule has 3 aromatic rings. The predicted octanol–water partition coefficient (Wildman–Crippen LogP) is 4.05. The van der Waals surface area contributed by atoms with Crippen molar-refractivity contribution in [2.45, 2.75) is 45.1 Å². The van der Waals surface area contributed by atoms with Gasteiger partial charge in [0.2, 0.25) is 0 Å². The molecule has 3 heterocycles. The maximum atomic E-state index is 5.82. The van der Waals surface area contributed by atoms with Crippen LogP contribution in [0.1, 0.15) is 39.2 Å². The Morgan fingerprint density at radius 2 is 1.81 bits per heavy atom. The van der Waals surface area contributed by atoms with E-state index in [0.29, 0.717) is 11.2 Å². The van der Waals surface area contributed by atoms with Gasteiger partial charge >= 0.3 is 0 Å². The molecule has 0 amide bonds. The summed E-state index contributed by atoms with van der Waals surface area (Å²) in [5, 5.41) is 4.08. The van der Waals surface area contributed by atoms with Crippen molar-refractivity contribution >= 4 is 38.3 Å². The van der Waals surface area contributed by atoms with Gasteiger partial charge in [0.25, 0.3) is 0 Å². The van der Waals surface area contributed by atoms with E-state index in [2.05, 4.69) is 70.2 Å². The molecule has 0 radical (unpaired) electrons. The molecule has 1 fully saturated rings. The Balaban J connectivity index is 1.40. The van der Waals surface area contributed by atoms with E-state index in [4.69, 9.17) is 5.73 Å². The lowest BCUT2D eigenvalue weighted by molar-refractivity contribution is 0.525. The molecule has 27 heavy (non-hydrogen) atoms. The van der Waals surface area contributed by atoms with Crippen LogP contribution in [0.15, 0.2) is 30.6 Å². The Hall–Kier alpha value is -2.41. The molecule has 142 valence electrons. The number of nitrogens with zero attached hydrogens (tertiary/aromatic N) is 4. The van der Waals surface area contributed by atoms with Crippen molar-refractivity contribution in [3.05, 3.63) is 36.2 Å². The fourth-order valence-electron chi connectivity index (χ4n) is 3.52. The summed E-state index contributed by atoms with van der Waals surface area (Å²) in [6, 6.07) is 9.39. The highest BCUT2D eigenvalue weighted by Gasteiger charge is 2.22. The molecule has 0 bridgehead atoms. The monoisotopic (exact) mass is 382 g/mol. The van der Waals surface area contributed by atoms with Gasteiger partial charge in [0, 0.05) is 24.8 Å². The van der Waals surface area contributed by atoms with E-state index in [1.807, 2.05) is 0 Å². The average molecular weight is 383 g/mol. The molecule has 6 nitrogen and oxygen atoms in total. The van der Waals surface area contributed by atoms with Crippen LogP contribution in [-0.4, -0.2) is 34.1 Å². The second-order valence-electron chi connectivity index (χ2n) is 8.13. The molecule has 0 unspecified atom stereocenters. The van der Waals surface area contributed by atoms with E-state index in [9.17, 15) is 0 Å². The first-order valence-electron chi connectivity index (χ1n) is 9.39. The summed E-state index contributed by atoms with van der Waals surface area (Å²) in [6.45, 7) is 8.80. The number of nitrogen functional groups attached to an aromatic ring is 1. The van der Waals surface area contributed by atoms with Crippen LogP contribution in [-0.2, 0) is 5.41 Å². The van der Waals surface area contributed by atoms with Gasteiger partial charge in [-0.2, -0.15) is 0 Å². The van der Waals surface area contributed by atoms with Crippen LogP contribution in [0.5, 0.6) is 0 Å². The number of aromatic nitrogens is 3. The van der Waals surface area contributed by atoms with Crippen LogP contribution >= 0.6 is 11.3 Å². The zero-order valence-electron chi connectivity index (χ0n) is 16.1. The molecule has 3 N–H and O–H groups in total. The van der Waals surface area contributed by atoms with Gasteiger partial charge in [-0.1, -0.05) is 44.2 Å². The SMILES string of the molecule is CC(C)(C)c1ccc(N2CCC(Nc3ncnc4sc(N)nc34)CC2)cc1. The normalized spacial score (nSPS) is 16.0. The van der Waals surface area contributed by atoms with Crippen molar-refractivity contribution < 1.29 is 0 Å². The van der Waals surface area contributed by atoms with Crippen LogP contribution in [0.25, 0.3) is 10.3 Å². The molecule has 1 aliphatic rings. The number of fused-ring (bicyclic) bond motifs is 1. The molecular formula is C20H26N6S. The van der Waals surface area contributed by atoms with Gasteiger partial charge < -0.3 is 16.0 Å². The highest BCUT2D eigenvalue weighted by molar-refractivity contribution is 7.21. The molecule has 1 aromatic carbocycles. The van der Waals surface area contributed by atoms with Gasteiger partial charge in [-0.3, -0.25) is 0 Å². The van der Waals surface area contributed by atoms with Gasteiger partial charge in [0.15, 0.2) is 15.8 Å². The second kappa shape index (κ2) is 6.96. The quantitative estimate of drug-likeness (QED) is 0.711. The van der Waals surface area contributed by atoms with Gasteiger partial charge in [-0.25, -0.2) is 15.0 Å². The molecule has 7 heteroatoms. The minimum atomic E-state index is 0.192. The van der Waals surface area contributed by atoms with Crippen LogP contribution < -0.4 is 16.0 Å². The number of benzene rings is 1. The Kier molecular flexibility index (Phi) is 4.63. The first-order valence-corrected chi connectivity index (χ1v) is 10.2. The minimum absolute atomic E-state index is 0.192. The van der Waals surface area contributed by atoms with Crippen molar-refractivity contribution in [2.24, 2.45) is 0 Å². The number of hydrogen-bond donors (Lipinski definition) is 2. The molecular weight excluding hydrogens is 356 g/mol. The summed E-state index contributed by atoms with van der Waals surface area (Å²) in [6.07, 6.45) is 3.70. The average Bonchev–Trinajstić information content (AvgIpc) is 3.03. The van der Waals surface area contributed by atoms with Crippen LogP contribution in [0.4, 0.5) is 16.6 Å². The Bertz CT molecular complexity index is 920. The first kappa shape index (κ1) is 18.0. The molecule has 0 saturated carbocycles. The third-order valence-electron chi connectivity index (χ3n) is 5.15. The zero-order valence-corrected chi connectivity index (χ0v) is 16.9. The van der Waals surface area contributed by atoms with Crippen molar-refractivity contribution in [1.82, 2.24) is 15.0 Å². The smallest absolute Gasteiger partial charge is 0.182 e. The summed E-state index contributed by atoms with van der Waals surface area (Å²) in [4.78, 5) is 16.3. The number of nitrogens with one attached hydrogen (secondary N) is 1. The van der Waals surface area contributed by atoms with E-state index < -0.39 is 0 Å². The molecule has 4 rings (SSSR count). The van der Waals surface area contributed by atoms with Gasteiger partial charge in [-0.15, -0.1) is 0 Å². The number of nitrogens with two attached hydrogens (primary N) is 1. The zero-order chi connectivity index (χ0) is 19.0. The van der Waals surface area contributed by atoms with E-state index in [1.54, 1.807) is 6.33 Å². The Labute approximate surface area is 163 Å². The predicted molar refractivity (Wildman–Crippen MR) is 114 cm³/mol. The fraction of sp³-hybridized carbons (Fsp3) is 0.450. The third kappa shape index (κ3) is 3.83. The van der Waals surface area contributed by atoms with E-state index in [-0.39, 0.29) is 5.41 Å². The molecule has 0 aliphatic carbocycles. The number of thiazole rings is 1. The summed E-state index contributed by atoms with van der Waals surface area (Å²) >= 11 is 1.40. The van der Waals surface area contributed by atoms with Gasteiger partial charge in [0.1, 0.15) is 11.8 Å². The summed E-state index contributed by atoms with van der Waals surface area (Å²) < 4.78 is 0. The van der Waals surface area contributed by atoms with E-state index in [1.165, 1.54) is 22.6 Å². The number of piperidine rings is 1. The minimum Gasteiger partial charge on any atom is -0.375 e. The van der Waals surface area contributed by atoms with Crippen molar-refractivity contribution in [2.75, 3.05) is 29.0 Å². The number of hydrogen-bond acceptors (Lipinski definition) is 7. The summed E-state index contributed by atoms with van der Waals surface area (Å²) in [5.74, 6) is 0.793. The first-order chi connectivity index (χ1) is 12.9. The number of rotatable bonds is 3. The van der Waals surface area contributed by atoms with Crippen LogP contribution in [0.3, 0.4) is 0 Å². The molecule has 0 spiro atoms. The Morgan fingerprint density at radius 3 is 2.48 bits per heavy atom. The third-order valence-corrected chi connectivity index (χ3v) is 5.94. The van der Waals surface area contributed by atoms with Crippen LogP contribution in [0, 0.1) is 0 Å². The topological polar surface area (TPSA) is 80.0 Å². The van der Waals surface area contributed by atoms with E-state index in [0.717, 1.165) is 42.1 Å². The summed E-state index contributed by atoms with van der Waals surface area (Å²) in [7, 11) is 0. The lowest BCUT2D eigenvalue weighted by atomic mass is 9.87. The molecule has 2 aromatic heterocycles.